The average molecular weight is 483 g/mol. The number of fused-ring (bicyclic) bond motifs is 1. The Labute approximate surface area is 188 Å². The highest BCUT2D eigenvalue weighted by atomic mass is 32.2. The van der Waals surface area contributed by atoms with E-state index in [-0.39, 0.29) is 12.2 Å². The lowest BCUT2D eigenvalue weighted by Gasteiger charge is -2.42. The largest absolute Gasteiger partial charge is 0.496 e. The molecular formula is C20H23FN4O5S2. The van der Waals surface area contributed by atoms with Crippen molar-refractivity contribution in [3.8, 4) is 17.0 Å². The molecule has 0 radical (unpaired) electrons. The van der Waals surface area contributed by atoms with Crippen molar-refractivity contribution >= 4 is 31.3 Å². The number of imidazole rings is 1. The van der Waals surface area contributed by atoms with Gasteiger partial charge in [-0.2, -0.15) is 0 Å². The molecule has 5 rings (SSSR count). The highest BCUT2D eigenvalue weighted by molar-refractivity contribution is 7.93. The van der Waals surface area contributed by atoms with Gasteiger partial charge in [-0.1, -0.05) is 11.3 Å². The van der Waals surface area contributed by atoms with Crippen molar-refractivity contribution in [3.05, 3.63) is 30.2 Å². The molecule has 172 valence electrons. The zero-order chi connectivity index (χ0) is 22.7. The predicted molar refractivity (Wildman–Crippen MR) is 117 cm³/mol. The number of halogens is 1. The van der Waals surface area contributed by atoms with Gasteiger partial charge in [-0.25, -0.2) is 22.3 Å². The summed E-state index contributed by atoms with van der Waals surface area (Å²) >= 11 is 1.38. The van der Waals surface area contributed by atoms with Crippen molar-refractivity contribution in [2.75, 3.05) is 30.9 Å². The van der Waals surface area contributed by atoms with Crippen LogP contribution < -0.4 is 9.64 Å². The minimum Gasteiger partial charge on any atom is -0.496 e. The maximum atomic E-state index is 13.6. The van der Waals surface area contributed by atoms with Gasteiger partial charge in [0.1, 0.15) is 11.6 Å². The third-order valence-corrected chi connectivity index (χ3v) is 10.5. The number of benzene rings is 1. The van der Waals surface area contributed by atoms with Gasteiger partial charge in [-0.05, 0) is 31.4 Å². The van der Waals surface area contributed by atoms with Crippen molar-refractivity contribution in [1.29, 1.82) is 0 Å². The van der Waals surface area contributed by atoms with Crippen LogP contribution in [0.3, 0.4) is 0 Å². The molecule has 4 heterocycles. The molecular weight excluding hydrogens is 459 g/mol. The number of hydrogen-bond acceptors (Lipinski definition) is 9. The van der Waals surface area contributed by atoms with Gasteiger partial charge < -0.3 is 19.8 Å². The fraction of sp³-hybridized carbons (Fsp3) is 0.500. The maximum absolute atomic E-state index is 13.6. The van der Waals surface area contributed by atoms with Crippen LogP contribution in [-0.4, -0.2) is 70.2 Å². The SMILES string of the molecule is COc1cc(F)ccc1-c1cnc2sc(N3CCC4(CC3)C(C(O)O)CCS4(=O)=O)nn12. The van der Waals surface area contributed by atoms with Crippen LogP contribution in [-0.2, 0) is 9.84 Å². The van der Waals surface area contributed by atoms with Crippen LogP contribution in [0.15, 0.2) is 24.4 Å². The lowest BCUT2D eigenvalue weighted by atomic mass is 9.81. The lowest BCUT2D eigenvalue weighted by Crippen LogP contribution is -2.53. The molecule has 9 nitrogen and oxygen atoms in total. The van der Waals surface area contributed by atoms with Crippen molar-refractivity contribution in [3.63, 3.8) is 0 Å². The summed E-state index contributed by atoms with van der Waals surface area (Å²) in [5, 5.41) is 24.9. The molecule has 2 aliphatic rings. The molecule has 0 bridgehead atoms. The Hall–Kier alpha value is -2.28. The number of rotatable bonds is 4. The number of piperidine rings is 1. The number of aliphatic hydroxyl groups excluding tert-OH is 1. The summed E-state index contributed by atoms with van der Waals surface area (Å²) in [6.07, 6.45) is 0.918. The number of nitrogens with zero attached hydrogens (tertiary/aromatic N) is 4. The number of sulfone groups is 1. The highest BCUT2D eigenvalue weighted by Crippen LogP contribution is 2.47. The number of aliphatic hydroxyl groups is 2. The van der Waals surface area contributed by atoms with E-state index in [1.54, 1.807) is 16.8 Å². The summed E-state index contributed by atoms with van der Waals surface area (Å²) < 4.78 is 45.0. The molecule has 1 atom stereocenters. The predicted octanol–water partition coefficient (Wildman–Crippen LogP) is 1.69. The monoisotopic (exact) mass is 482 g/mol. The fourth-order valence-corrected chi connectivity index (χ4v) is 8.43. The first kappa shape index (κ1) is 21.6. The number of ether oxygens (including phenoxy) is 1. The van der Waals surface area contributed by atoms with E-state index >= 15 is 0 Å². The van der Waals surface area contributed by atoms with E-state index in [0.29, 0.717) is 53.0 Å². The molecule has 2 saturated heterocycles. The lowest BCUT2D eigenvalue weighted by molar-refractivity contribution is -0.0953. The first-order valence-electron chi connectivity index (χ1n) is 10.3. The minimum atomic E-state index is -3.40. The topological polar surface area (TPSA) is 117 Å². The number of anilines is 1. The van der Waals surface area contributed by atoms with Gasteiger partial charge in [0, 0.05) is 30.6 Å². The van der Waals surface area contributed by atoms with E-state index in [9.17, 15) is 23.0 Å². The van der Waals surface area contributed by atoms with E-state index in [4.69, 9.17) is 4.74 Å². The van der Waals surface area contributed by atoms with Crippen molar-refractivity contribution in [2.45, 2.75) is 30.3 Å². The summed E-state index contributed by atoms with van der Waals surface area (Å²) in [4.78, 5) is 7.08. The molecule has 0 saturated carbocycles. The van der Waals surface area contributed by atoms with Gasteiger partial charge in [0.25, 0.3) is 0 Å². The zero-order valence-corrected chi connectivity index (χ0v) is 18.9. The Kier molecular flexibility index (Phi) is 5.15. The molecule has 1 unspecified atom stereocenters. The standard InChI is InChI=1S/C20H23FN4O5S2/c1-30-16-10-12(21)2-3-13(16)15-11-22-18-25(15)23-19(31-18)24-7-5-20(6-8-24)14(17(26)27)4-9-32(20,28)29/h2-3,10-11,14,17,26-27H,4-9H2,1H3. The third kappa shape index (κ3) is 3.19. The van der Waals surface area contributed by atoms with Crippen molar-refractivity contribution in [1.82, 2.24) is 14.6 Å². The summed E-state index contributed by atoms with van der Waals surface area (Å²) in [7, 11) is -1.93. The molecule has 2 aliphatic heterocycles. The Morgan fingerprint density at radius 2 is 2.06 bits per heavy atom. The number of aromatic nitrogens is 3. The Morgan fingerprint density at radius 1 is 1.31 bits per heavy atom. The summed E-state index contributed by atoms with van der Waals surface area (Å²) in [5.74, 6) is -0.702. The Morgan fingerprint density at radius 3 is 2.75 bits per heavy atom. The van der Waals surface area contributed by atoms with Crippen LogP contribution in [0.2, 0.25) is 0 Å². The van der Waals surface area contributed by atoms with Crippen LogP contribution in [0.1, 0.15) is 19.3 Å². The number of hydrogen-bond donors (Lipinski definition) is 2. The number of methoxy groups -OCH3 is 1. The molecule has 32 heavy (non-hydrogen) atoms. The quantitative estimate of drug-likeness (QED) is 0.540. The van der Waals surface area contributed by atoms with Crippen LogP contribution in [0.4, 0.5) is 9.52 Å². The highest BCUT2D eigenvalue weighted by Gasteiger charge is 2.57. The first-order valence-corrected chi connectivity index (χ1v) is 12.7. The van der Waals surface area contributed by atoms with E-state index in [1.807, 2.05) is 4.90 Å². The maximum Gasteiger partial charge on any atom is 0.214 e. The molecule has 2 fully saturated rings. The molecule has 1 aromatic carbocycles. The van der Waals surface area contributed by atoms with E-state index in [1.165, 1.54) is 30.6 Å². The Bertz CT molecular complexity index is 1260. The second kappa shape index (κ2) is 7.65. The Balaban J connectivity index is 1.43. The van der Waals surface area contributed by atoms with Crippen molar-refractivity contribution in [2.24, 2.45) is 5.92 Å². The fourth-order valence-electron chi connectivity index (χ4n) is 5.03. The average Bonchev–Trinajstić information content (AvgIpc) is 3.41. The van der Waals surface area contributed by atoms with E-state index < -0.39 is 32.6 Å². The summed E-state index contributed by atoms with van der Waals surface area (Å²) in [6.45, 7) is 0.878. The van der Waals surface area contributed by atoms with Crippen LogP contribution in [0.5, 0.6) is 5.75 Å². The van der Waals surface area contributed by atoms with Crippen LogP contribution in [0.25, 0.3) is 16.2 Å². The van der Waals surface area contributed by atoms with Gasteiger partial charge in [0.15, 0.2) is 16.1 Å². The molecule has 1 spiro atoms. The molecule has 0 aliphatic carbocycles. The van der Waals surface area contributed by atoms with Crippen molar-refractivity contribution < 1.29 is 27.8 Å². The smallest absolute Gasteiger partial charge is 0.214 e. The first-order chi connectivity index (χ1) is 15.3. The third-order valence-electron chi connectivity index (χ3n) is 6.75. The molecule has 2 N–H and O–H groups in total. The van der Waals surface area contributed by atoms with Gasteiger partial charge in [0.2, 0.25) is 10.1 Å². The van der Waals surface area contributed by atoms with Gasteiger partial charge >= 0.3 is 0 Å². The second-order valence-corrected chi connectivity index (χ2v) is 11.6. The summed E-state index contributed by atoms with van der Waals surface area (Å²) in [5.41, 5.74) is 1.32. The summed E-state index contributed by atoms with van der Waals surface area (Å²) in [6, 6.07) is 4.27. The minimum absolute atomic E-state index is 0.0107. The van der Waals surface area contributed by atoms with Gasteiger partial charge in [-0.3, -0.25) is 0 Å². The van der Waals surface area contributed by atoms with E-state index in [0.717, 1.165) is 0 Å². The zero-order valence-electron chi connectivity index (χ0n) is 17.3. The molecule has 3 aromatic rings. The normalized spacial score (nSPS) is 22.3. The van der Waals surface area contributed by atoms with Gasteiger partial charge in [-0.15, -0.1) is 5.10 Å². The van der Waals surface area contributed by atoms with E-state index in [2.05, 4.69) is 10.1 Å². The molecule has 0 amide bonds. The van der Waals surface area contributed by atoms with Gasteiger partial charge in [0.05, 0.1) is 29.5 Å². The second-order valence-electron chi connectivity index (χ2n) is 8.25. The molecule has 2 aromatic heterocycles. The van der Waals surface area contributed by atoms with Crippen LogP contribution in [0, 0.1) is 11.7 Å². The van der Waals surface area contributed by atoms with Crippen LogP contribution >= 0.6 is 11.3 Å². The molecule has 12 heteroatoms.